The largest absolute Gasteiger partial charge is 0.426 e. The second-order valence-electron chi connectivity index (χ2n) is 3.39. The molecular formula is C11H12O3. The van der Waals surface area contributed by atoms with Crippen LogP contribution >= 0.6 is 0 Å². The van der Waals surface area contributed by atoms with Crippen molar-refractivity contribution in [2.75, 3.05) is 0 Å². The molecule has 2 rings (SSSR count). The van der Waals surface area contributed by atoms with E-state index in [0.29, 0.717) is 0 Å². The molecule has 74 valence electrons. The van der Waals surface area contributed by atoms with Crippen LogP contribution in [0.4, 0.5) is 0 Å². The van der Waals surface area contributed by atoms with Crippen molar-refractivity contribution in [2.45, 2.75) is 25.7 Å². The molecule has 0 aromatic heterocycles. The molecular weight excluding hydrogens is 180 g/mol. The van der Waals surface area contributed by atoms with E-state index in [2.05, 4.69) is 0 Å². The molecule has 3 nitrogen and oxygen atoms in total. The second kappa shape index (κ2) is 3.10. The average molecular weight is 192 g/mol. The van der Waals surface area contributed by atoms with Gasteiger partial charge in [0, 0.05) is 12.5 Å². The Hall–Kier alpha value is -1.35. The van der Waals surface area contributed by atoms with Gasteiger partial charge in [-0.25, -0.2) is 0 Å². The molecule has 1 aliphatic rings. The standard InChI is InChI=1S/C11H12O3/c1-8-11(13-8,14-9(2)12)10-6-4-3-5-7-10/h3-8H,1-2H3/t8?,11-/m1/s1. The normalized spacial score (nSPS) is 29.7. The van der Waals surface area contributed by atoms with Gasteiger partial charge in [0.05, 0.1) is 0 Å². The summed E-state index contributed by atoms with van der Waals surface area (Å²) in [4.78, 5) is 10.9. The summed E-state index contributed by atoms with van der Waals surface area (Å²) >= 11 is 0. The van der Waals surface area contributed by atoms with Crippen molar-refractivity contribution in [2.24, 2.45) is 0 Å². The van der Waals surface area contributed by atoms with E-state index in [4.69, 9.17) is 9.47 Å². The van der Waals surface area contributed by atoms with Crippen molar-refractivity contribution < 1.29 is 14.3 Å². The number of carbonyl (C=O) groups is 1. The summed E-state index contributed by atoms with van der Waals surface area (Å²) in [6, 6.07) is 9.50. The fourth-order valence-electron chi connectivity index (χ4n) is 1.58. The van der Waals surface area contributed by atoms with Crippen molar-refractivity contribution >= 4 is 5.97 Å². The molecule has 1 heterocycles. The molecule has 1 saturated heterocycles. The summed E-state index contributed by atoms with van der Waals surface area (Å²) < 4.78 is 10.5. The van der Waals surface area contributed by atoms with Gasteiger partial charge in [-0.05, 0) is 6.92 Å². The zero-order chi connectivity index (χ0) is 10.2. The predicted octanol–water partition coefficient (Wildman–Crippen LogP) is 1.82. The van der Waals surface area contributed by atoms with Gasteiger partial charge in [-0.3, -0.25) is 4.79 Å². The van der Waals surface area contributed by atoms with E-state index in [1.165, 1.54) is 6.92 Å². The van der Waals surface area contributed by atoms with Crippen molar-refractivity contribution in [3.05, 3.63) is 35.9 Å². The van der Waals surface area contributed by atoms with Gasteiger partial charge in [0.2, 0.25) is 0 Å². The number of esters is 1. The lowest BCUT2D eigenvalue weighted by atomic mass is 10.1. The van der Waals surface area contributed by atoms with Gasteiger partial charge >= 0.3 is 5.97 Å². The molecule has 2 atom stereocenters. The van der Waals surface area contributed by atoms with Crippen LogP contribution in [0.2, 0.25) is 0 Å². The first kappa shape index (κ1) is 9.21. The smallest absolute Gasteiger partial charge is 0.305 e. The molecule has 14 heavy (non-hydrogen) atoms. The van der Waals surface area contributed by atoms with Crippen LogP contribution in [-0.4, -0.2) is 12.1 Å². The lowest BCUT2D eigenvalue weighted by molar-refractivity contribution is -0.157. The van der Waals surface area contributed by atoms with E-state index < -0.39 is 5.79 Å². The molecule has 1 fully saturated rings. The molecule has 1 aliphatic heterocycles. The van der Waals surface area contributed by atoms with E-state index in [9.17, 15) is 4.79 Å². The highest BCUT2D eigenvalue weighted by molar-refractivity contribution is 5.67. The summed E-state index contributed by atoms with van der Waals surface area (Å²) in [5.74, 6) is -1.15. The average Bonchev–Trinajstić information content (AvgIpc) is 2.78. The van der Waals surface area contributed by atoms with Crippen LogP contribution in [-0.2, 0) is 20.1 Å². The highest BCUT2D eigenvalue weighted by Crippen LogP contribution is 2.46. The van der Waals surface area contributed by atoms with Crippen LogP contribution in [0.1, 0.15) is 19.4 Å². The molecule has 1 aromatic rings. The van der Waals surface area contributed by atoms with E-state index >= 15 is 0 Å². The van der Waals surface area contributed by atoms with Crippen LogP contribution in [0.5, 0.6) is 0 Å². The number of benzene rings is 1. The summed E-state index contributed by atoms with van der Waals surface area (Å²) in [7, 11) is 0. The van der Waals surface area contributed by atoms with E-state index in [1.807, 2.05) is 37.3 Å². The number of epoxide rings is 1. The summed E-state index contributed by atoms with van der Waals surface area (Å²) in [6.07, 6.45) is -0.0613. The van der Waals surface area contributed by atoms with Gasteiger partial charge in [-0.1, -0.05) is 30.3 Å². The number of hydrogen-bond donors (Lipinski definition) is 0. The molecule has 3 heteroatoms. The minimum Gasteiger partial charge on any atom is -0.426 e. The molecule has 0 N–H and O–H groups in total. The Kier molecular flexibility index (Phi) is 2.04. The molecule has 0 aliphatic carbocycles. The summed E-state index contributed by atoms with van der Waals surface area (Å²) in [6.45, 7) is 3.27. The Labute approximate surface area is 82.6 Å². The third-order valence-corrected chi connectivity index (χ3v) is 2.30. The SMILES string of the molecule is CC(=O)O[C@]1(c2ccccc2)OC1C. The minimum absolute atomic E-state index is 0.0613. The van der Waals surface area contributed by atoms with Crippen LogP contribution in [0.15, 0.2) is 30.3 Å². The maximum absolute atomic E-state index is 10.9. The van der Waals surface area contributed by atoms with Crippen molar-refractivity contribution in [1.82, 2.24) is 0 Å². The Morgan fingerprint density at radius 1 is 1.43 bits per heavy atom. The monoisotopic (exact) mass is 192 g/mol. The highest BCUT2D eigenvalue weighted by atomic mass is 16.8. The molecule has 0 amide bonds. The highest BCUT2D eigenvalue weighted by Gasteiger charge is 2.58. The zero-order valence-corrected chi connectivity index (χ0v) is 8.19. The van der Waals surface area contributed by atoms with Crippen LogP contribution < -0.4 is 0 Å². The number of hydrogen-bond acceptors (Lipinski definition) is 3. The van der Waals surface area contributed by atoms with Crippen molar-refractivity contribution in [3.63, 3.8) is 0 Å². The van der Waals surface area contributed by atoms with E-state index in [-0.39, 0.29) is 12.1 Å². The fraction of sp³-hybridized carbons (Fsp3) is 0.364. The van der Waals surface area contributed by atoms with Gasteiger partial charge in [-0.2, -0.15) is 0 Å². The number of rotatable bonds is 2. The predicted molar refractivity (Wildman–Crippen MR) is 50.4 cm³/mol. The van der Waals surface area contributed by atoms with Crippen LogP contribution in [0.25, 0.3) is 0 Å². The topological polar surface area (TPSA) is 38.8 Å². The van der Waals surface area contributed by atoms with Gasteiger partial charge in [-0.15, -0.1) is 0 Å². The Morgan fingerprint density at radius 3 is 2.43 bits per heavy atom. The van der Waals surface area contributed by atoms with E-state index in [1.54, 1.807) is 0 Å². The van der Waals surface area contributed by atoms with Crippen LogP contribution in [0.3, 0.4) is 0 Å². The first-order valence-corrected chi connectivity index (χ1v) is 4.58. The van der Waals surface area contributed by atoms with Gasteiger partial charge in [0.1, 0.15) is 6.10 Å². The van der Waals surface area contributed by atoms with Crippen molar-refractivity contribution in [3.8, 4) is 0 Å². The lowest BCUT2D eigenvalue weighted by Crippen LogP contribution is -2.19. The summed E-state index contributed by atoms with van der Waals surface area (Å²) in [5, 5.41) is 0. The third kappa shape index (κ3) is 1.40. The van der Waals surface area contributed by atoms with Gasteiger partial charge in [0.25, 0.3) is 5.79 Å². The maximum Gasteiger partial charge on any atom is 0.305 e. The fourth-order valence-corrected chi connectivity index (χ4v) is 1.58. The number of ether oxygens (including phenoxy) is 2. The molecule has 1 unspecified atom stereocenters. The second-order valence-corrected chi connectivity index (χ2v) is 3.39. The zero-order valence-electron chi connectivity index (χ0n) is 8.19. The Balaban J connectivity index is 2.27. The molecule has 0 bridgehead atoms. The van der Waals surface area contributed by atoms with Crippen LogP contribution in [0, 0.1) is 0 Å². The Morgan fingerprint density at radius 2 is 2.00 bits per heavy atom. The molecule has 0 spiro atoms. The third-order valence-electron chi connectivity index (χ3n) is 2.30. The maximum atomic E-state index is 10.9. The minimum atomic E-state index is -0.826. The Bertz CT molecular complexity index is 347. The van der Waals surface area contributed by atoms with Crippen molar-refractivity contribution in [1.29, 1.82) is 0 Å². The van der Waals surface area contributed by atoms with Gasteiger partial charge in [0.15, 0.2) is 0 Å². The lowest BCUT2D eigenvalue weighted by Gasteiger charge is -2.12. The number of carbonyl (C=O) groups excluding carboxylic acids is 1. The molecule has 0 saturated carbocycles. The molecule has 1 aromatic carbocycles. The van der Waals surface area contributed by atoms with Gasteiger partial charge < -0.3 is 9.47 Å². The molecule has 0 radical (unpaired) electrons. The first-order valence-electron chi connectivity index (χ1n) is 4.58. The quantitative estimate of drug-likeness (QED) is 0.530. The van der Waals surface area contributed by atoms with E-state index in [0.717, 1.165) is 5.56 Å². The first-order chi connectivity index (χ1) is 6.65. The summed E-state index contributed by atoms with van der Waals surface area (Å²) in [5.41, 5.74) is 0.891.